The Kier molecular flexibility index (Phi) is 4.79. The predicted molar refractivity (Wildman–Crippen MR) is 94.8 cm³/mol. The lowest BCUT2D eigenvalue weighted by atomic mass is 10.1. The molecule has 0 fully saturated rings. The summed E-state index contributed by atoms with van der Waals surface area (Å²) in [6.07, 6.45) is 3.11. The molecule has 1 aliphatic rings. The number of aliphatic imine (C=N–C) groups is 1. The number of amidine groups is 1. The number of benzene rings is 2. The monoisotopic (exact) mass is 344 g/mol. The number of carbonyl (C=O) groups excluding carboxylic acids is 1. The maximum absolute atomic E-state index is 12.0. The van der Waals surface area contributed by atoms with E-state index in [1.54, 1.807) is 18.2 Å². The minimum Gasteiger partial charge on any atom is -0.309 e. The molecule has 1 aliphatic heterocycles. The molecule has 0 radical (unpaired) electrons. The van der Waals surface area contributed by atoms with Gasteiger partial charge in [0.25, 0.3) is 5.91 Å². The first-order valence-corrected chi connectivity index (χ1v) is 7.97. The number of halogens is 2. The number of nitrogens with zero attached hydrogens (tertiary/aromatic N) is 1. The Morgan fingerprint density at radius 3 is 2.48 bits per heavy atom. The molecule has 1 amide bonds. The van der Waals surface area contributed by atoms with Crippen LogP contribution in [-0.4, -0.2) is 11.7 Å². The van der Waals surface area contributed by atoms with Crippen LogP contribution in [0.5, 0.6) is 0 Å². The Labute approximate surface area is 144 Å². The zero-order valence-electron chi connectivity index (χ0n) is 12.2. The van der Waals surface area contributed by atoms with Crippen LogP contribution in [0, 0.1) is 0 Å². The third-order valence-corrected chi connectivity index (χ3v) is 4.13. The van der Waals surface area contributed by atoms with Gasteiger partial charge in [-0.25, -0.2) is 4.99 Å². The molecule has 5 heteroatoms. The fourth-order valence-corrected chi connectivity index (χ4v) is 2.66. The summed E-state index contributed by atoms with van der Waals surface area (Å²) in [5, 5.41) is 4.19. The smallest absolute Gasteiger partial charge is 0.275 e. The minimum absolute atomic E-state index is 0.186. The molecule has 1 N–H and O–H groups in total. The van der Waals surface area contributed by atoms with Crippen molar-refractivity contribution in [3.63, 3.8) is 0 Å². The Morgan fingerprint density at radius 1 is 1.00 bits per heavy atom. The molecule has 23 heavy (non-hydrogen) atoms. The summed E-state index contributed by atoms with van der Waals surface area (Å²) in [4.78, 5) is 16.4. The van der Waals surface area contributed by atoms with Gasteiger partial charge in [0.15, 0.2) is 0 Å². The molecular weight excluding hydrogens is 331 g/mol. The lowest BCUT2D eigenvalue weighted by molar-refractivity contribution is -0.115. The zero-order chi connectivity index (χ0) is 16.2. The number of nitrogens with one attached hydrogen (secondary N) is 1. The lowest BCUT2D eigenvalue weighted by Crippen LogP contribution is -2.24. The Bertz CT molecular complexity index is 795. The maximum atomic E-state index is 12.0. The second kappa shape index (κ2) is 6.99. The lowest BCUT2D eigenvalue weighted by Gasteiger charge is -2.03. The van der Waals surface area contributed by atoms with Crippen molar-refractivity contribution in [1.29, 1.82) is 0 Å². The van der Waals surface area contributed by atoms with Crippen molar-refractivity contribution in [3.05, 3.63) is 75.4 Å². The molecule has 2 aromatic rings. The molecule has 0 aliphatic carbocycles. The quantitative estimate of drug-likeness (QED) is 0.815. The van der Waals surface area contributed by atoms with Gasteiger partial charge in [0.05, 0.1) is 0 Å². The predicted octanol–water partition coefficient (Wildman–Crippen LogP) is 4.50. The Morgan fingerprint density at radius 2 is 1.74 bits per heavy atom. The SMILES string of the molecule is O=C1NC(CCc2ccccc2Cl)=N/C1=C/c1ccc(Cl)cc1. The highest BCUT2D eigenvalue weighted by Gasteiger charge is 2.19. The highest BCUT2D eigenvalue weighted by Crippen LogP contribution is 2.19. The third kappa shape index (κ3) is 4.01. The molecule has 0 aromatic heterocycles. The van der Waals surface area contributed by atoms with Crippen LogP contribution in [0.3, 0.4) is 0 Å². The second-order valence-corrected chi connectivity index (χ2v) is 6.03. The van der Waals surface area contributed by atoms with Gasteiger partial charge in [0.1, 0.15) is 11.5 Å². The minimum atomic E-state index is -0.186. The molecule has 3 nitrogen and oxygen atoms in total. The molecule has 0 saturated carbocycles. The zero-order valence-corrected chi connectivity index (χ0v) is 13.7. The van der Waals surface area contributed by atoms with E-state index in [0.717, 1.165) is 22.6 Å². The number of aryl methyl sites for hydroxylation is 1. The molecule has 0 saturated heterocycles. The molecule has 0 atom stereocenters. The van der Waals surface area contributed by atoms with E-state index in [9.17, 15) is 4.79 Å². The first kappa shape index (κ1) is 15.8. The molecule has 3 rings (SSSR count). The molecule has 116 valence electrons. The topological polar surface area (TPSA) is 41.5 Å². The first-order valence-electron chi connectivity index (χ1n) is 7.21. The van der Waals surface area contributed by atoms with E-state index in [1.165, 1.54) is 0 Å². The van der Waals surface area contributed by atoms with Crippen LogP contribution in [0.1, 0.15) is 17.5 Å². The summed E-state index contributed by atoms with van der Waals surface area (Å²) < 4.78 is 0. The van der Waals surface area contributed by atoms with Crippen molar-refractivity contribution in [2.45, 2.75) is 12.8 Å². The first-order chi connectivity index (χ1) is 11.1. The van der Waals surface area contributed by atoms with Crippen LogP contribution in [0.4, 0.5) is 0 Å². The number of carbonyl (C=O) groups is 1. The third-order valence-electron chi connectivity index (χ3n) is 3.51. The van der Waals surface area contributed by atoms with Gasteiger partial charge in [-0.3, -0.25) is 4.79 Å². The van der Waals surface area contributed by atoms with E-state index in [-0.39, 0.29) is 5.91 Å². The van der Waals surface area contributed by atoms with Gasteiger partial charge in [-0.15, -0.1) is 0 Å². The molecular formula is C18H14Cl2N2O. The highest BCUT2D eigenvalue weighted by atomic mass is 35.5. The van der Waals surface area contributed by atoms with E-state index in [2.05, 4.69) is 10.3 Å². The largest absolute Gasteiger partial charge is 0.309 e. The van der Waals surface area contributed by atoms with Crippen LogP contribution in [-0.2, 0) is 11.2 Å². The van der Waals surface area contributed by atoms with Crippen LogP contribution in [0.25, 0.3) is 6.08 Å². The second-order valence-electron chi connectivity index (χ2n) is 5.19. The molecule has 0 spiro atoms. The van der Waals surface area contributed by atoms with Crippen molar-refractivity contribution < 1.29 is 4.79 Å². The normalized spacial score (nSPS) is 15.7. The number of rotatable bonds is 4. The van der Waals surface area contributed by atoms with Gasteiger partial charge in [0, 0.05) is 16.5 Å². The Balaban J connectivity index is 1.71. The van der Waals surface area contributed by atoms with E-state index in [1.807, 2.05) is 36.4 Å². The van der Waals surface area contributed by atoms with Gasteiger partial charge in [0.2, 0.25) is 0 Å². The average molecular weight is 345 g/mol. The summed E-state index contributed by atoms with van der Waals surface area (Å²) >= 11 is 12.0. The highest BCUT2D eigenvalue weighted by molar-refractivity contribution is 6.31. The Hall–Kier alpha value is -2.10. The standard InChI is InChI=1S/C18H14Cl2N2O/c19-14-8-5-12(6-9-14)11-16-18(23)22-17(21-16)10-7-13-3-1-2-4-15(13)20/h1-6,8-9,11H,7,10H2,(H,21,22,23)/b16-11+. The number of hydrogen-bond acceptors (Lipinski definition) is 2. The van der Waals surface area contributed by atoms with Crippen molar-refractivity contribution in [2.24, 2.45) is 4.99 Å². The van der Waals surface area contributed by atoms with Gasteiger partial charge in [-0.2, -0.15) is 0 Å². The summed E-state index contributed by atoms with van der Waals surface area (Å²) in [5.74, 6) is 0.476. The summed E-state index contributed by atoms with van der Waals surface area (Å²) in [7, 11) is 0. The van der Waals surface area contributed by atoms with E-state index in [0.29, 0.717) is 23.0 Å². The van der Waals surface area contributed by atoms with E-state index >= 15 is 0 Å². The van der Waals surface area contributed by atoms with E-state index in [4.69, 9.17) is 23.2 Å². The van der Waals surface area contributed by atoms with Gasteiger partial charge < -0.3 is 5.32 Å². The summed E-state index contributed by atoms with van der Waals surface area (Å²) in [5.41, 5.74) is 2.33. The van der Waals surface area contributed by atoms with Crippen LogP contribution in [0.15, 0.2) is 59.2 Å². The van der Waals surface area contributed by atoms with Crippen molar-refractivity contribution in [1.82, 2.24) is 5.32 Å². The van der Waals surface area contributed by atoms with Gasteiger partial charge in [-0.05, 0) is 41.8 Å². The maximum Gasteiger partial charge on any atom is 0.275 e. The van der Waals surface area contributed by atoms with Crippen LogP contribution < -0.4 is 5.32 Å². The summed E-state index contributed by atoms with van der Waals surface area (Å²) in [6.45, 7) is 0. The molecule has 2 aromatic carbocycles. The molecule has 0 unspecified atom stereocenters. The van der Waals surface area contributed by atoms with Crippen molar-refractivity contribution in [2.75, 3.05) is 0 Å². The fraction of sp³-hybridized carbons (Fsp3) is 0.111. The fourth-order valence-electron chi connectivity index (χ4n) is 2.31. The average Bonchev–Trinajstić information content (AvgIpc) is 2.89. The van der Waals surface area contributed by atoms with Crippen LogP contribution in [0.2, 0.25) is 10.0 Å². The summed E-state index contributed by atoms with van der Waals surface area (Å²) in [6, 6.07) is 14.9. The number of hydrogen-bond donors (Lipinski definition) is 1. The molecule has 0 bridgehead atoms. The van der Waals surface area contributed by atoms with E-state index < -0.39 is 0 Å². The molecule has 1 heterocycles. The van der Waals surface area contributed by atoms with Crippen LogP contribution >= 0.6 is 23.2 Å². The van der Waals surface area contributed by atoms with Crippen molar-refractivity contribution in [3.8, 4) is 0 Å². The van der Waals surface area contributed by atoms with Gasteiger partial charge >= 0.3 is 0 Å². The van der Waals surface area contributed by atoms with Gasteiger partial charge in [-0.1, -0.05) is 53.5 Å². The van der Waals surface area contributed by atoms with Crippen molar-refractivity contribution >= 4 is 41.0 Å². The number of amides is 1.